The van der Waals surface area contributed by atoms with Crippen molar-refractivity contribution in [3.63, 3.8) is 0 Å². The van der Waals surface area contributed by atoms with Gasteiger partial charge in [0.15, 0.2) is 0 Å². The predicted molar refractivity (Wildman–Crippen MR) is 90.5 cm³/mol. The summed E-state index contributed by atoms with van der Waals surface area (Å²) >= 11 is 5.74. The summed E-state index contributed by atoms with van der Waals surface area (Å²) in [6.45, 7) is 4.22. The first-order chi connectivity index (χ1) is 11.4. The first-order valence-electron chi connectivity index (χ1n) is 7.83. The molecule has 0 fully saturated rings. The van der Waals surface area contributed by atoms with E-state index in [0.717, 1.165) is 24.5 Å². The maximum Gasteiger partial charge on any atom is 0.273 e. The lowest BCUT2D eigenvalue weighted by atomic mass is 10.1. The number of aromatic nitrogens is 2. The summed E-state index contributed by atoms with van der Waals surface area (Å²) in [4.78, 5) is 20.3. The Morgan fingerprint density at radius 3 is 2.83 bits per heavy atom. The molecule has 2 heterocycles. The highest BCUT2D eigenvalue weighted by Crippen LogP contribution is 2.27. The van der Waals surface area contributed by atoms with Gasteiger partial charge in [-0.1, -0.05) is 17.7 Å². The second-order valence-corrected chi connectivity index (χ2v) is 6.68. The van der Waals surface area contributed by atoms with E-state index >= 15 is 0 Å². The van der Waals surface area contributed by atoms with Crippen molar-refractivity contribution >= 4 is 17.5 Å². The zero-order valence-corrected chi connectivity index (χ0v) is 14.7. The molecule has 1 aliphatic heterocycles. The summed E-state index contributed by atoms with van der Waals surface area (Å²) in [5, 5.41) is 0.132. The van der Waals surface area contributed by atoms with E-state index in [1.807, 2.05) is 23.8 Å². The quantitative estimate of drug-likeness (QED) is 0.854. The topological polar surface area (TPSA) is 41.4 Å². The molecule has 0 N–H and O–H groups in total. The average molecular weight is 351 g/mol. The number of carbonyl (C=O) groups is 1. The van der Waals surface area contributed by atoms with Crippen LogP contribution in [0.2, 0.25) is 5.02 Å². The summed E-state index contributed by atoms with van der Waals surface area (Å²) in [5.41, 5.74) is 1.33. The number of hydrogen-bond donors (Lipinski definition) is 0. The number of carbonyl (C=O) groups excluding carboxylic acids is 1. The van der Waals surface area contributed by atoms with Gasteiger partial charge < -0.3 is 9.47 Å². The number of hydrogen-bond acceptors (Lipinski definition) is 3. The van der Waals surface area contributed by atoms with Crippen molar-refractivity contribution < 1.29 is 9.18 Å². The SMILES string of the molecule is C[C@@H]1c2nc(C(=O)N(C)C)cn2CCN1Cc1ccc(Cl)c(F)c1. The van der Waals surface area contributed by atoms with E-state index in [-0.39, 0.29) is 17.0 Å². The fraction of sp³-hybridized carbons (Fsp3) is 0.412. The van der Waals surface area contributed by atoms with E-state index in [0.29, 0.717) is 12.2 Å². The molecule has 0 unspecified atom stereocenters. The minimum atomic E-state index is -0.404. The van der Waals surface area contributed by atoms with Crippen LogP contribution in [-0.2, 0) is 13.1 Å². The van der Waals surface area contributed by atoms with Gasteiger partial charge in [0.1, 0.15) is 17.3 Å². The van der Waals surface area contributed by atoms with Gasteiger partial charge in [-0.2, -0.15) is 0 Å². The summed E-state index contributed by atoms with van der Waals surface area (Å²) in [7, 11) is 3.43. The highest BCUT2D eigenvalue weighted by atomic mass is 35.5. The van der Waals surface area contributed by atoms with Crippen molar-refractivity contribution in [2.24, 2.45) is 0 Å². The molecule has 1 amide bonds. The van der Waals surface area contributed by atoms with Crippen LogP contribution in [0.5, 0.6) is 0 Å². The molecule has 0 spiro atoms. The van der Waals surface area contributed by atoms with Crippen LogP contribution in [0.1, 0.15) is 34.8 Å². The van der Waals surface area contributed by atoms with Crippen molar-refractivity contribution in [3.8, 4) is 0 Å². The van der Waals surface area contributed by atoms with E-state index in [2.05, 4.69) is 9.88 Å². The Balaban J connectivity index is 1.80. The van der Waals surface area contributed by atoms with Gasteiger partial charge in [0.25, 0.3) is 5.91 Å². The molecule has 128 valence electrons. The van der Waals surface area contributed by atoms with Crippen molar-refractivity contribution in [1.29, 1.82) is 0 Å². The normalized spacial score (nSPS) is 17.6. The summed E-state index contributed by atoms with van der Waals surface area (Å²) in [6.07, 6.45) is 1.81. The van der Waals surface area contributed by atoms with Gasteiger partial charge in [-0.05, 0) is 24.6 Å². The van der Waals surface area contributed by atoms with Crippen LogP contribution in [0.15, 0.2) is 24.4 Å². The average Bonchev–Trinajstić information content (AvgIpc) is 2.97. The van der Waals surface area contributed by atoms with Gasteiger partial charge >= 0.3 is 0 Å². The molecule has 7 heteroatoms. The molecule has 3 rings (SSSR count). The van der Waals surface area contributed by atoms with Crippen molar-refractivity contribution in [1.82, 2.24) is 19.4 Å². The number of nitrogens with zero attached hydrogens (tertiary/aromatic N) is 4. The van der Waals surface area contributed by atoms with Gasteiger partial charge in [-0.3, -0.25) is 9.69 Å². The molecule has 0 saturated carbocycles. The number of imidazole rings is 1. The third-order valence-electron chi connectivity index (χ3n) is 4.35. The zero-order chi connectivity index (χ0) is 17.4. The highest BCUT2D eigenvalue weighted by Gasteiger charge is 2.28. The molecule has 1 aliphatic rings. The van der Waals surface area contributed by atoms with Gasteiger partial charge in [0.2, 0.25) is 0 Å². The third-order valence-corrected chi connectivity index (χ3v) is 4.66. The fourth-order valence-corrected chi connectivity index (χ4v) is 3.07. The lowest BCUT2D eigenvalue weighted by Gasteiger charge is -2.33. The Morgan fingerprint density at radius 1 is 1.42 bits per heavy atom. The minimum absolute atomic E-state index is 0.0428. The van der Waals surface area contributed by atoms with Crippen LogP contribution < -0.4 is 0 Å². The largest absolute Gasteiger partial charge is 0.343 e. The van der Waals surface area contributed by atoms with Crippen LogP contribution in [0.4, 0.5) is 4.39 Å². The van der Waals surface area contributed by atoms with Crippen LogP contribution in [0.3, 0.4) is 0 Å². The molecule has 24 heavy (non-hydrogen) atoms. The Hall–Kier alpha value is -1.92. The molecule has 0 radical (unpaired) electrons. The Labute approximate surface area is 145 Å². The zero-order valence-electron chi connectivity index (χ0n) is 14.0. The van der Waals surface area contributed by atoms with Gasteiger partial charge in [-0.25, -0.2) is 9.37 Å². The molecule has 1 aromatic heterocycles. The Bertz CT molecular complexity index is 774. The molecule has 0 bridgehead atoms. The molecule has 2 aromatic rings. The maximum absolute atomic E-state index is 13.6. The lowest BCUT2D eigenvalue weighted by molar-refractivity contribution is 0.0822. The maximum atomic E-state index is 13.6. The van der Waals surface area contributed by atoms with Crippen molar-refractivity contribution in [2.45, 2.75) is 26.1 Å². The van der Waals surface area contributed by atoms with Gasteiger partial charge in [-0.15, -0.1) is 0 Å². The summed E-state index contributed by atoms with van der Waals surface area (Å²) in [6, 6.07) is 4.92. The molecule has 5 nitrogen and oxygen atoms in total. The molecule has 0 saturated heterocycles. The van der Waals surface area contributed by atoms with Gasteiger partial charge in [0.05, 0.1) is 11.1 Å². The highest BCUT2D eigenvalue weighted by molar-refractivity contribution is 6.30. The van der Waals surface area contributed by atoms with E-state index in [4.69, 9.17) is 11.6 Å². The second-order valence-electron chi connectivity index (χ2n) is 6.27. The van der Waals surface area contributed by atoms with Crippen LogP contribution in [0.25, 0.3) is 0 Å². The third kappa shape index (κ3) is 3.16. The van der Waals surface area contributed by atoms with E-state index < -0.39 is 5.82 Å². The van der Waals surface area contributed by atoms with Crippen LogP contribution in [-0.4, -0.2) is 45.9 Å². The first-order valence-corrected chi connectivity index (χ1v) is 8.21. The second kappa shape index (κ2) is 6.53. The van der Waals surface area contributed by atoms with Gasteiger partial charge in [0, 0.05) is 39.9 Å². The lowest BCUT2D eigenvalue weighted by Crippen LogP contribution is -2.36. The number of halogens is 2. The monoisotopic (exact) mass is 350 g/mol. The predicted octanol–water partition coefficient (Wildman–Crippen LogP) is 2.95. The van der Waals surface area contributed by atoms with Crippen LogP contribution >= 0.6 is 11.6 Å². The van der Waals surface area contributed by atoms with Crippen LogP contribution in [0, 0.1) is 5.82 Å². The first kappa shape index (κ1) is 16.9. The smallest absolute Gasteiger partial charge is 0.273 e. The minimum Gasteiger partial charge on any atom is -0.343 e. The Morgan fingerprint density at radius 2 is 2.17 bits per heavy atom. The fourth-order valence-electron chi connectivity index (χ4n) is 2.96. The molecular weight excluding hydrogens is 331 g/mol. The molecular formula is C17H20ClFN4O. The van der Waals surface area contributed by atoms with Crippen molar-refractivity contribution in [2.75, 3.05) is 20.6 Å². The molecule has 0 aliphatic carbocycles. The Kier molecular flexibility index (Phi) is 4.60. The van der Waals surface area contributed by atoms with E-state index in [1.165, 1.54) is 11.0 Å². The van der Waals surface area contributed by atoms with Crippen molar-refractivity contribution in [3.05, 3.63) is 52.3 Å². The molecule has 1 atom stereocenters. The van der Waals surface area contributed by atoms with E-state index in [9.17, 15) is 9.18 Å². The number of benzene rings is 1. The number of rotatable bonds is 3. The standard InChI is InChI=1S/C17H20ClFN4O/c1-11-16-20-15(17(24)21(2)3)10-23(16)7-6-22(11)9-12-4-5-13(18)14(19)8-12/h4-5,8,10-11H,6-7,9H2,1-3H3/t11-/m1/s1. The van der Waals surface area contributed by atoms with E-state index in [1.54, 1.807) is 20.2 Å². The number of fused-ring (bicyclic) bond motifs is 1. The summed E-state index contributed by atoms with van der Waals surface area (Å²) in [5.74, 6) is 0.357. The molecule has 1 aromatic carbocycles. The number of amides is 1. The summed E-state index contributed by atoms with van der Waals surface area (Å²) < 4.78 is 15.7.